The van der Waals surface area contributed by atoms with Gasteiger partial charge < -0.3 is 10.1 Å². The van der Waals surface area contributed by atoms with Gasteiger partial charge in [0.2, 0.25) is 5.91 Å². The molecule has 0 aliphatic rings. The zero-order chi connectivity index (χ0) is 26.2. The average molecular weight is 536 g/mol. The molecule has 1 amide bonds. The van der Waals surface area contributed by atoms with Crippen LogP contribution < -0.4 is 15.6 Å². The summed E-state index contributed by atoms with van der Waals surface area (Å²) in [6.07, 6.45) is -3.34. The summed E-state index contributed by atoms with van der Waals surface area (Å²) in [5, 5.41) is 2.70. The van der Waals surface area contributed by atoms with Crippen LogP contribution in [0, 0.1) is 6.92 Å². The molecule has 0 aliphatic carbocycles. The number of anilines is 1. The van der Waals surface area contributed by atoms with Crippen LogP contribution in [0.1, 0.15) is 30.3 Å². The largest absolute Gasteiger partial charge is 0.494 e. The van der Waals surface area contributed by atoms with Crippen LogP contribution in [0.25, 0.3) is 21.3 Å². The highest BCUT2D eigenvalue weighted by Gasteiger charge is 2.31. The Morgan fingerprint density at radius 3 is 2.56 bits per heavy atom. The van der Waals surface area contributed by atoms with E-state index in [0.29, 0.717) is 28.1 Å². The number of fused-ring (bicyclic) bond motifs is 1. The molecule has 0 radical (unpaired) electrons. The second-order valence-corrected chi connectivity index (χ2v) is 9.60. The highest BCUT2D eigenvalue weighted by Crippen LogP contribution is 2.37. The van der Waals surface area contributed by atoms with E-state index in [4.69, 9.17) is 16.3 Å². The van der Waals surface area contributed by atoms with Crippen molar-refractivity contribution in [3.05, 3.63) is 74.6 Å². The van der Waals surface area contributed by atoms with Crippen LogP contribution in [0.3, 0.4) is 0 Å². The van der Waals surface area contributed by atoms with Gasteiger partial charge in [-0.15, -0.1) is 11.3 Å². The van der Waals surface area contributed by atoms with Gasteiger partial charge >= 0.3 is 6.18 Å². The monoisotopic (exact) mass is 535 g/mol. The van der Waals surface area contributed by atoms with Crippen molar-refractivity contribution in [2.45, 2.75) is 33.0 Å². The molecule has 36 heavy (non-hydrogen) atoms. The number of nitrogens with zero attached hydrogens (tertiary/aromatic N) is 2. The topological polar surface area (TPSA) is 73.2 Å². The van der Waals surface area contributed by atoms with Crippen molar-refractivity contribution >= 4 is 44.7 Å². The van der Waals surface area contributed by atoms with Gasteiger partial charge in [0.1, 0.15) is 16.6 Å². The normalized spacial score (nSPS) is 12.5. The number of aryl methyl sites for hydroxylation is 1. The van der Waals surface area contributed by atoms with Gasteiger partial charge in [-0.1, -0.05) is 23.7 Å². The van der Waals surface area contributed by atoms with Crippen molar-refractivity contribution < 1.29 is 22.7 Å². The lowest BCUT2D eigenvalue weighted by molar-refractivity contribution is -0.137. The summed E-state index contributed by atoms with van der Waals surface area (Å²) in [5.41, 5.74) is -0.0908. The highest BCUT2D eigenvalue weighted by molar-refractivity contribution is 7.19. The van der Waals surface area contributed by atoms with E-state index < -0.39 is 29.2 Å². The minimum Gasteiger partial charge on any atom is -0.494 e. The molecule has 0 fully saturated rings. The molecule has 0 saturated carbocycles. The van der Waals surface area contributed by atoms with E-state index in [9.17, 15) is 22.8 Å². The number of hydrogen-bond donors (Lipinski definition) is 1. The minimum absolute atomic E-state index is 0.0595. The first-order valence-electron chi connectivity index (χ1n) is 10.9. The number of carbonyl (C=O) groups excluding carboxylic acids is 1. The Morgan fingerprint density at radius 1 is 1.22 bits per heavy atom. The van der Waals surface area contributed by atoms with Gasteiger partial charge in [0.25, 0.3) is 5.56 Å². The van der Waals surface area contributed by atoms with Crippen LogP contribution in [0.2, 0.25) is 5.02 Å². The fraction of sp³-hybridized carbons (Fsp3) is 0.240. The van der Waals surface area contributed by atoms with E-state index >= 15 is 0 Å². The third-order valence-electron chi connectivity index (χ3n) is 5.62. The molecule has 0 saturated heterocycles. The van der Waals surface area contributed by atoms with Crippen molar-refractivity contribution in [2.75, 3.05) is 11.9 Å². The molecule has 1 atom stereocenters. The number of nitrogens with one attached hydrogen (secondary N) is 1. The Balaban J connectivity index is 1.70. The Bertz CT molecular complexity index is 1500. The van der Waals surface area contributed by atoms with Gasteiger partial charge in [0.05, 0.1) is 34.6 Å². The molecule has 4 aromatic rings. The number of rotatable bonds is 6. The molecule has 6 nitrogen and oxygen atoms in total. The van der Waals surface area contributed by atoms with Crippen molar-refractivity contribution in [3.8, 4) is 16.9 Å². The first-order chi connectivity index (χ1) is 17.0. The lowest BCUT2D eigenvalue weighted by atomic mass is 10.0. The van der Waals surface area contributed by atoms with Crippen LogP contribution in [-0.2, 0) is 11.0 Å². The Kier molecular flexibility index (Phi) is 7.10. The number of carbonyl (C=O) groups is 1. The van der Waals surface area contributed by atoms with Crippen LogP contribution in [0.15, 0.2) is 53.6 Å². The molecule has 11 heteroatoms. The highest BCUT2D eigenvalue weighted by atomic mass is 35.5. The molecule has 2 heterocycles. The van der Waals surface area contributed by atoms with Crippen molar-refractivity contribution in [1.82, 2.24) is 9.55 Å². The van der Waals surface area contributed by atoms with E-state index in [-0.39, 0.29) is 10.7 Å². The molecule has 0 aliphatic heterocycles. The van der Waals surface area contributed by atoms with Crippen molar-refractivity contribution in [1.29, 1.82) is 0 Å². The summed E-state index contributed by atoms with van der Waals surface area (Å²) < 4.78 is 45.9. The number of alkyl halides is 3. The van der Waals surface area contributed by atoms with Crippen molar-refractivity contribution in [2.24, 2.45) is 0 Å². The predicted molar refractivity (Wildman–Crippen MR) is 135 cm³/mol. The van der Waals surface area contributed by atoms with E-state index in [0.717, 1.165) is 33.2 Å². The molecule has 0 spiro atoms. The number of benzene rings is 2. The van der Waals surface area contributed by atoms with Crippen molar-refractivity contribution in [3.63, 3.8) is 0 Å². The zero-order valence-corrected chi connectivity index (χ0v) is 21.0. The van der Waals surface area contributed by atoms with E-state index in [1.165, 1.54) is 24.6 Å². The quantitative estimate of drug-likeness (QED) is 0.298. The summed E-state index contributed by atoms with van der Waals surface area (Å²) in [6.45, 7) is 5.76. The number of ether oxygens (including phenoxy) is 1. The maximum absolute atomic E-state index is 13.5. The van der Waals surface area contributed by atoms with Crippen LogP contribution in [-0.4, -0.2) is 22.1 Å². The molecule has 1 N–H and O–H groups in total. The second kappa shape index (κ2) is 9.94. The van der Waals surface area contributed by atoms with E-state index in [1.54, 1.807) is 0 Å². The fourth-order valence-electron chi connectivity index (χ4n) is 3.78. The molecule has 188 valence electrons. The summed E-state index contributed by atoms with van der Waals surface area (Å²) in [4.78, 5) is 32.2. The number of thiophene rings is 1. The SMILES string of the molecule is CCOc1ccc(-c2c(C)sc3ncn(C(C)C(=O)Nc4cc(C(F)(F)F)ccc4Cl)c(=O)c23)cc1. The average Bonchev–Trinajstić information content (AvgIpc) is 3.17. The van der Waals surface area contributed by atoms with Gasteiger partial charge in [-0.05, 0) is 56.7 Å². The zero-order valence-electron chi connectivity index (χ0n) is 19.4. The number of aromatic nitrogens is 2. The minimum atomic E-state index is -4.60. The van der Waals surface area contributed by atoms with Crippen LogP contribution >= 0.6 is 22.9 Å². The van der Waals surface area contributed by atoms with Gasteiger partial charge in [0, 0.05) is 10.4 Å². The summed E-state index contributed by atoms with van der Waals surface area (Å²) in [6, 6.07) is 8.88. The molecular formula is C25H21ClF3N3O3S. The van der Waals surface area contributed by atoms with Gasteiger partial charge in [-0.25, -0.2) is 4.98 Å². The Morgan fingerprint density at radius 2 is 1.92 bits per heavy atom. The van der Waals surface area contributed by atoms with Gasteiger partial charge in [-0.3, -0.25) is 14.2 Å². The van der Waals surface area contributed by atoms with E-state index in [2.05, 4.69) is 10.3 Å². The molecule has 0 bridgehead atoms. The van der Waals surface area contributed by atoms with Gasteiger partial charge in [0.15, 0.2) is 0 Å². The fourth-order valence-corrected chi connectivity index (χ4v) is 4.95. The maximum atomic E-state index is 13.5. The molecule has 2 aromatic heterocycles. The molecular weight excluding hydrogens is 515 g/mol. The summed E-state index contributed by atoms with van der Waals surface area (Å²) in [7, 11) is 0. The second-order valence-electron chi connectivity index (χ2n) is 7.99. The van der Waals surface area contributed by atoms with Crippen LogP contribution in [0.5, 0.6) is 5.75 Å². The van der Waals surface area contributed by atoms with Crippen LogP contribution in [0.4, 0.5) is 18.9 Å². The van der Waals surface area contributed by atoms with E-state index in [1.807, 2.05) is 38.1 Å². The molecule has 2 aromatic carbocycles. The molecule has 4 rings (SSSR count). The standard InChI is InChI=1S/C25H21ClF3N3O3S/c1-4-35-17-8-5-15(6-9-17)20-14(3)36-23-21(20)24(34)32(12-30-23)13(2)22(33)31-19-11-16(25(27,28)29)7-10-18(19)26/h5-13H,4H2,1-3H3,(H,31,33). The third-order valence-corrected chi connectivity index (χ3v) is 6.96. The molecule has 1 unspecified atom stereocenters. The Hall–Kier alpha value is -3.37. The number of amides is 1. The number of hydrogen-bond acceptors (Lipinski definition) is 5. The smallest absolute Gasteiger partial charge is 0.416 e. The summed E-state index contributed by atoms with van der Waals surface area (Å²) >= 11 is 7.36. The first kappa shape index (κ1) is 25.7. The first-order valence-corrected chi connectivity index (χ1v) is 12.1. The summed E-state index contributed by atoms with van der Waals surface area (Å²) in [5.74, 6) is -0.0124. The number of halogens is 4. The lowest BCUT2D eigenvalue weighted by Crippen LogP contribution is -2.31. The lowest BCUT2D eigenvalue weighted by Gasteiger charge is -2.17. The van der Waals surface area contributed by atoms with Gasteiger partial charge in [-0.2, -0.15) is 13.2 Å². The predicted octanol–water partition coefficient (Wildman–Crippen LogP) is 6.70. The third kappa shape index (κ3) is 4.96. The Labute approximate surface area is 213 Å². The maximum Gasteiger partial charge on any atom is 0.416 e.